The summed E-state index contributed by atoms with van der Waals surface area (Å²) in [4.78, 5) is 89.7. The molecule has 1 aromatic heterocycles. The van der Waals surface area contributed by atoms with Gasteiger partial charge in [-0.3, -0.25) is 24.0 Å². The van der Waals surface area contributed by atoms with Crippen molar-refractivity contribution in [3.8, 4) is 5.75 Å². The molecule has 5 N–H and O–H groups in total. The molecule has 2 aliphatic heterocycles. The van der Waals surface area contributed by atoms with E-state index in [9.17, 15) is 46.3 Å². The summed E-state index contributed by atoms with van der Waals surface area (Å²) in [6, 6.07) is 8.70. The molecule has 3 heterocycles. The SMILES string of the molecule is CCCN(CCCNC(=O)OC(C)(C)C)C(=O)C1=Cc2ccc(C(=O)Nc3ccc(N4CCC(C(=O)NCCCC(=O)CCOCCOCCOCCOCCOCCOCCOCCOCCOCCOCCOCCOCCOCCOCCOCCOCCOCCOCCOCCOCCOCCOCCOCCOCCOCCC(=O)Oc5c(F)c(F)cc(F)c5F)CC4)nc3)cc2N=C(N)C1. The first-order chi connectivity index (χ1) is 69.3. The number of aromatic nitrogens is 1. The van der Waals surface area contributed by atoms with E-state index in [0.717, 1.165) is 12.2 Å². The highest BCUT2D eigenvalue weighted by atomic mass is 19.2. The Hall–Kier alpha value is -7.86. The number of ether oxygens (including phenoxy) is 27. The quantitative estimate of drug-likeness (QED) is 0.0141. The lowest BCUT2D eigenvalue weighted by Gasteiger charge is -2.32. The molecular weight excluding hydrogens is 1880 g/mol. The fourth-order valence-electron chi connectivity index (χ4n) is 12.7. The third-order valence-electron chi connectivity index (χ3n) is 19.9. The normalized spacial score (nSPS) is 12.9. The third-order valence-corrected chi connectivity index (χ3v) is 19.9. The summed E-state index contributed by atoms with van der Waals surface area (Å²) >= 11 is 0. The number of amidine groups is 1. The number of nitrogens with one attached hydrogen (secondary N) is 3. The molecule has 3 aromatic rings. The zero-order valence-electron chi connectivity index (χ0n) is 83.5. The van der Waals surface area contributed by atoms with Crippen molar-refractivity contribution in [2.45, 2.75) is 91.1 Å². The van der Waals surface area contributed by atoms with E-state index in [1.165, 1.54) is 0 Å². The molecule has 0 bridgehead atoms. The van der Waals surface area contributed by atoms with Crippen LogP contribution in [0.15, 0.2) is 53.2 Å². The number of pyridine rings is 1. The van der Waals surface area contributed by atoms with Crippen molar-refractivity contribution in [3.05, 3.63) is 82.6 Å². The summed E-state index contributed by atoms with van der Waals surface area (Å²) in [5, 5.41) is 8.65. The van der Waals surface area contributed by atoms with Crippen LogP contribution < -0.4 is 31.3 Å². The molecule has 0 spiro atoms. The fourth-order valence-corrected chi connectivity index (χ4v) is 12.7. The minimum absolute atomic E-state index is 0.0145. The van der Waals surface area contributed by atoms with Gasteiger partial charge in [0.2, 0.25) is 29.2 Å². The highest BCUT2D eigenvalue weighted by Crippen LogP contribution is 2.31. The van der Waals surface area contributed by atoms with Gasteiger partial charge in [-0.05, 0) is 83.2 Å². The molecular formula is C97H156F4N8O33. The Balaban J connectivity index is 0.635. The van der Waals surface area contributed by atoms with E-state index in [4.69, 9.17) is 129 Å². The molecule has 0 atom stereocenters. The second kappa shape index (κ2) is 84.2. The highest BCUT2D eigenvalue weighted by Gasteiger charge is 2.28. The number of Topliss-reactive ketones (excluding diaryl/α,β-unsaturated/α-hetero) is 1. The Morgan fingerprint density at radius 2 is 0.782 bits per heavy atom. The number of halogens is 4. The van der Waals surface area contributed by atoms with E-state index in [1.807, 2.05) is 13.0 Å². The minimum Gasteiger partial charge on any atom is -0.444 e. The molecule has 0 unspecified atom stereocenters. The van der Waals surface area contributed by atoms with Gasteiger partial charge in [0.15, 0.2) is 11.6 Å². The average molecular weight is 2040 g/mol. The summed E-state index contributed by atoms with van der Waals surface area (Å²) in [5.74, 6) is -9.19. The van der Waals surface area contributed by atoms with E-state index in [2.05, 4.69) is 35.6 Å². The summed E-state index contributed by atoms with van der Waals surface area (Å²) in [6.07, 6.45) is 6.36. The van der Waals surface area contributed by atoms with Crippen LogP contribution in [0.5, 0.6) is 5.75 Å². The second-order valence-electron chi connectivity index (χ2n) is 32.4. The Labute approximate surface area is 831 Å². The van der Waals surface area contributed by atoms with Crippen LogP contribution in [0.1, 0.15) is 101 Å². The Morgan fingerprint density at radius 3 is 1.13 bits per heavy atom. The number of nitrogens with two attached hydrogens (primary N) is 1. The molecule has 0 saturated carbocycles. The number of anilines is 2. The molecule has 1 fully saturated rings. The van der Waals surface area contributed by atoms with Gasteiger partial charge in [0.25, 0.3) is 5.91 Å². The molecule has 2 aromatic carbocycles. The third kappa shape index (κ3) is 64.9. The van der Waals surface area contributed by atoms with E-state index >= 15 is 0 Å². The number of ketones is 1. The van der Waals surface area contributed by atoms with Gasteiger partial charge < -0.3 is 159 Å². The van der Waals surface area contributed by atoms with E-state index in [0.29, 0.717) is 410 Å². The maximum absolute atomic E-state index is 13.8. The van der Waals surface area contributed by atoms with Gasteiger partial charge in [0.1, 0.15) is 23.0 Å². The van der Waals surface area contributed by atoms with Gasteiger partial charge in [-0.15, -0.1) is 0 Å². The van der Waals surface area contributed by atoms with E-state index < -0.39 is 53.1 Å². The number of rotatable bonds is 94. The zero-order chi connectivity index (χ0) is 102. The van der Waals surface area contributed by atoms with Gasteiger partial charge >= 0.3 is 12.1 Å². The summed E-state index contributed by atoms with van der Waals surface area (Å²) in [7, 11) is 0. The van der Waals surface area contributed by atoms with Crippen LogP contribution in [0, 0.1) is 29.2 Å². The van der Waals surface area contributed by atoms with Gasteiger partial charge in [-0.25, -0.2) is 23.6 Å². The summed E-state index contributed by atoms with van der Waals surface area (Å²) < 4.78 is 201. The molecule has 142 heavy (non-hydrogen) atoms. The number of aliphatic imine (C=N–C) groups is 1. The number of carbonyl (C=O) groups excluding carboxylic acids is 6. The van der Waals surface area contributed by atoms with Crippen LogP contribution in [-0.4, -0.2) is 427 Å². The van der Waals surface area contributed by atoms with Gasteiger partial charge in [0, 0.05) is 87.2 Å². The standard InChI is InChI=1S/C97H156F4N8O33/c1-5-19-109(20-7-18-104-96(115)142-97(2,3)4)95(114)81-73-79-9-10-80(74-86(79)107-87(102)75-81)94(113)106-82-11-12-88(105-77-82)108-21-13-78(14-22-108)93(112)103-17-6-8-83(110)15-23-116-25-27-118-29-31-120-33-35-122-37-39-124-41-43-126-45-47-128-49-51-130-53-55-132-57-59-134-61-63-136-65-67-138-69-71-140-72-70-139-68-66-137-64-62-135-60-58-133-56-54-131-52-50-129-48-46-127-44-42-125-40-38-123-36-34-121-32-30-119-28-26-117-24-16-89(111)141-92-90(100)84(98)76-85(99)91(92)101/h9-12,73-74,76-78H,5-8,13-72,75H2,1-4H3,(H2,102,107)(H,103,112)(H,104,115)(H,106,113). The van der Waals surface area contributed by atoms with Crippen molar-refractivity contribution in [2.75, 3.05) is 380 Å². The van der Waals surface area contributed by atoms with Gasteiger partial charge in [0.05, 0.1) is 354 Å². The van der Waals surface area contributed by atoms with E-state index in [-0.39, 0.29) is 74.2 Å². The number of piperidine rings is 1. The van der Waals surface area contributed by atoms with Gasteiger partial charge in [-0.2, -0.15) is 8.78 Å². The van der Waals surface area contributed by atoms with Crippen molar-refractivity contribution in [1.82, 2.24) is 20.5 Å². The highest BCUT2D eigenvalue weighted by molar-refractivity contribution is 6.08. The molecule has 1 saturated heterocycles. The monoisotopic (exact) mass is 2040 g/mol. The minimum atomic E-state index is -1.80. The molecule has 41 nitrogen and oxygen atoms in total. The first-order valence-corrected chi connectivity index (χ1v) is 49.0. The van der Waals surface area contributed by atoms with Crippen LogP contribution >= 0.6 is 0 Å². The predicted molar refractivity (Wildman–Crippen MR) is 512 cm³/mol. The number of hydrogen-bond acceptors (Lipinski definition) is 37. The molecule has 810 valence electrons. The van der Waals surface area contributed by atoms with E-state index in [1.54, 1.807) is 62.2 Å². The number of hydrogen-bond donors (Lipinski definition) is 4. The molecule has 4 amide bonds. The van der Waals surface area contributed by atoms with Crippen LogP contribution in [-0.2, 0) is 142 Å². The van der Waals surface area contributed by atoms with Crippen LogP contribution in [0.2, 0.25) is 0 Å². The Kier molecular flexibility index (Phi) is 73.9. The Morgan fingerprint density at radius 1 is 0.430 bits per heavy atom. The van der Waals surface area contributed by atoms with Crippen molar-refractivity contribution in [2.24, 2.45) is 16.6 Å². The van der Waals surface area contributed by atoms with Crippen LogP contribution in [0.4, 0.5) is 39.5 Å². The maximum Gasteiger partial charge on any atom is 0.407 e. The molecule has 2 aliphatic rings. The van der Waals surface area contributed by atoms with Crippen molar-refractivity contribution >= 4 is 64.7 Å². The molecule has 0 aliphatic carbocycles. The zero-order valence-corrected chi connectivity index (χ0v) is 83.5. The number of nitrogens with zero attached hydrogens (tertiary/aromatic N) is 4. The molecule has 45 heteroatoms. The number of esters is 1. The number of carbonyl (C=O) groups is 6. The largest absolute Gasteiger partial charge is 0.444 e. The van der Waals surface area contributed by atoms with Crippen LogP contribution in [0.3, 0.4) is 0 Å². The molecule has 0 radical (unpaired) electrons. The first kappa shape index (κ1) is 125. The number of fused-ring (bicyclic) bond motifs is 1. The Bertz CT molecular complexity index is 3810. The van der Waals surface area contributed by atoms with Crippen molar-refractivity contribution in [1.29, 1.82) is 0 Å². The number of benzene rings is 2. The smallest absolute Gasteiger partial charge is 0.407 e. The summed E-state index contributed by atoms with van der Waals surface area (Å²) in [6.45, 7) is 30.5. The average Bonchev–Trinajstić information content (AvgIpc) is 1.66. The van der Waals surface area contributed by atoms with Crippen molar-refractivity contribution < 1.29 is 174 Å². The van der Waals surface area contributed by atoms with Gasteiger partial charge in [-0.1, -0.05) is 13.0 Å². The fraction of sp³-hybridized carbons (Fsp3) is 0.732. The lowest BCUT2D eigenvalue weighted by atomic mass is 9.96. The summed E-state index contributed by atoms with van der Waals surface area (Å²) in [5.41, 5.74) is 8.18. The maximum atomic E-state index is 13.8. The number of amides is 4. The predicted octanol–water partition coefficient (Wildman–Crippen LogP) is 7.30. The number of alkyl carbamates (subject to hydrolysis) is 1. The second-order valence-corrected chi connectivity index (χ2v) is 32.4. The first-order valence-electron chi connectivity index (χ1n) is 49.0. The molecule has 5 rings (SSSR count). The topological polar surface area (TPSA) is 445 Å². The van der Waals surface area contributed by atoms with Crippen molar-refractivity contribution in [3.63, 3.8) is 0 Å². The lowest BCUT2D eigenvalue weighted by Crippen LogP contribution is -2.41. The lowest BCUT2D eigenvalue weighted by molar-refractivity contribution is -0.136. The van der Waals surface area contributed by atoms with Crippen LogP contribution in [0.25, 0.3) is 6.08 Å².